The SMILES string of the molecule is S=S=S=S=S=S=S=S=S=S=S=S=S=S=S=S=S=S=S=S=S=S=S=S=S=S=S=S=S=S=S=S(=S)=S. The van der Waals surface area contributed by atoms with E-state index in [9.17, 15) is 0 Å². The van der Waals surface area contributed by atoms with Gasteiger partial charge >= 0.3 is 0 Å². The van der Waals surface area contributed by atoms with E-state index in [0.717, 1.165) is 0 Å². The molecule has 0 aliphatic rings. The third-order valence-electron chi connectivity index (χ3n) is 0.861. The first-order valence-electron chi connectivity index (χ1n) is 5.50. The number of rotatable bonds is 0. The molecule has 0 heterocycles. The third kappa shape index (κ3) is 39.5. The second-order valence-corrected chi connectivity index (χ2v) is 60.6. The van der Waals surface area contributed by atoms with Crippen molar-refractivity contribution in [2.45, 2.75) is 0 Å². The van der Waals surface area contributed by atoms with Gasteiger partial charge in [-0.2, -0.15) is 0 Å². The van der Waals surface area contributed by atoms with Gasteiger partial charge in [0.05, 0.1) is 0 Å². The summed E-state index contributed by atoms with van der Waals surface area (Å²) in [6.45, 7) is -0.377. The molecule has 0 nitrogen and oxygen atoms in total. The smallest absolute Gasteiger partial charge is 0 e. The van der Waals surface area contributed by atoms with Gasteiger partial charge in [0.2, 0.25) is 0 Å². The van der Waals surface area contributed by atoms with Gasteiger partial charge in [-0.15, -0.1) is 0 Å². The molecule has 0 atom stereocenters. The van der Waals surface area contributed by atoms with E-state index < -0.39 is 0 Å². The lowest BCUT2D eigenvalue weighted by molar-refractivity contribution is 5.95. The maximum Gasteiger partial charge on any atom is 0 e. The van der Waals surface area contributed by atoms with E-state index in [-0.39, 0.29) is 6.57 Å². The fraction of sp³-hybridized carbons (Fsp3) is 0. The Morgan fingerprint density at radius 3 is 0.618 bits per heavy atom. The van der Waals surface area contributed by atoms with Crippen LogP contribution >= 0.6 is 0 Å². The van der Waals surface area contributed by atoms with Crippen molar-refractivity contribution in [3.63, 3.8) is 0 Å². The van der Waals surface area contributed by atoms with Crippen LogP contribution in [0.3, 0.4) is 0 Å². The van der Waals surface area contributed by atoms with E-state index in [2.05, 4.69) is 0 Å². The summed E-state index contributed by atoms with van der Waals surface area (Å²) in [5, 5.41) is 0. The fourth-order valence-electron chi connectivity index (χ4n) is 0.340. The van der Waals surface area contributed by atoms with Gasteiger partial charge in [0.1, 0.15) is 0 Å². The van der Waals surface area contributed by atoms with Crippen LogP contribution in [0.1, 0.15) is 0 Å². The van der Waals surface area contributed by atoms with E-state index in [1.54, 1.807) is 142 Å². The molecule has 0 aromatic carbocycles. The monoisotopic (exact) mass is 1090 g/mol. The second kappa shape index (κ2) is 38.5. The quantitative estimate of drug-likeness (QED) is 0.334. The Labute approximate surface area is 298 Å². The van der Waals surface area contributed by atoms with Crippen molar-refractivity contribution in [2.75, 3.05) is 0 Å². The van der Waals surface area contributed by atoms with Crippen LogP contribution in [-0.4, -0.2) is 0 Å². The molecule has 0 N–H and O–H groups in total. The molecule has 34 heavy (non-hydrogen) atoms. The van der Waals surface area contributed by atoms with Gasteiger partial charge in [-0.3, -0.25) is 0 Å². The molecule has 0 bridgehead atoms. The number of hydrogen-bond donors (Lipinski definition) is 0. The van der Waals surface area contributed by atoms with Gasteiger partial charge < -0.3 is 0 Å². The Morgan fingerprint density at radius 2 is 0.441 bits per heavy atom. The molecule has 0 aromatic heterocycles. The van der Waals surface area contributed by atoms with Crippen molar-refractivity contribution in [3.8, 4) is 0 Å². The highest BCUT2D eigenvalue weighted by Crippen LogP contribution is 1.44. The molecule has 0 saturated carbocycles. The van der Waals surface area contributed by atoms with E-state index >= 15 is 0 Å². The Morgan fingerprint density at radius 1 is 0.265 bits per heavy atom. The van der Waals surface area contributed by atoms with Crippen LogP contribution in [0.2, 0.25) is 0 Å². The van der Waals surface area contributed by atoms with Crippen molar-refractivity contribution in [1.29, 1.82) is 0 Å². The summed E-state index contributed by atoms with van der Waals surface area (Å²) in [7, 11) is 52.9. The number of hydrogen-bond acceptors (Lipinski definition) is 3. The molecule has 0 rings (SSSR count). The van der Waals surface area contributed by atoms with E-state index in [0.29, 0.717) is 0 Å². The third-order valence-corrected chi connectivity index (χ3v) is 69.7. The zero-order valence-corrected chi connectivity index (χ0v) is 41.6. The Bertz CT molecular complexity index is 2160. The van der Waals surface area contributed by atoms with Crippen molar-refractivity contribution in [3.05, 3.63) is 0 Å². The average molecular weight is 1090 g/mol. The molecule has 0 radical (unpaired) electrons. The first-order chi connectivity index (χ1) is 16.8. The topological polar surface area (TPSA) is 0 Å². The van der Waals surface area contributed by atoms with E-state index in [1.807, 2.05) is 115 Å². The Hall–Kier alpha value is 7.48. The summed E-state index contributed by atoms with van der Waals surface area (Å²) >= 11 is 14.7. The zero-order chi connectivity index (χ0) is 24.8. The molecule has 0 fully saturated rings. The Balaban J connectivity index is 6.01. The Kier molecular flexibility index (Phi) is 47.0. The minimum absolute atomic E-state index is 0.377. The summed E-state index contributed by atoms with van der Waals surface area (Å²) in [6, 6.07) is 0. The summed E-state index contributed by atoms with van der Waals surface area (Å²) in [4.78, 5) is 0. The molecule has 204 valence electrons. The predicted octanol–water partition coefficient (Wildman–Crippen LogP) is -0.0816. The van der Waals surface area contributed by atoms with Crippen molar-refractivity contribution < 1.29 is 0 Å². The molecule has 0 amide bonds. The standard InChI is InChI=1S/S34/c1-4-5-6-7-8-9-10-11-12-13-14-15-16-17-18-19-20-21-22-23-24-25-26-27-28-29-30-31-32-33-34(2)3. The fourth-order valence-corrected chi connectivity index (χ4v) is 82.7. The highest BCUT2D eigenvalue weighted by molar-refractivity contribution is 8.81. The average Bonchev–Trinajstić information content (AvgIpc) is 2.83. The summed E-state index contributed by atoms with van der Waals surface area (Å²) in [6.07, 6.45) is 0. The van der Waals surface area contributed by atoms with Crippen LogP contribution < -0.4 is 0 Å². The maximum absolute atomic E-state index is 4.95. The van der Waals surface area contributed by atoms with Gasteiger partial charge in [0.15, 0.2) is 0 Å². The van der Waals surface area contributed by atoms with Crippen LogP contribution in [0.25, 0.3) is 0 Å². The van der Waals surface area contributed by atoms with Crippen LogP contribution in [-0.2, 0) is 307 Å². The largest absolute Gasteiger partial charge is 0 e. The molecular weight excluding hydrogens is 1090 g/mol. The highest BCUT2D eigenvalue weighted by Gasteiger charge is 1.44. The van der Waals surface area contributed by atoms with Crippen LogP contribution in [0.4, 0.5) is 0 Å². The van der Waals surface area contributed by atoms with Crippen LogP contribution in [0, 0.1) is 0 Å². The lowest BCUT2D eigenvalue weighted by atomic mass is 30.7. The summed E-state index contributed by atoms with van der Waals surface area (Å²) < 4.78 is 0. The minimum Gasteiger partial charge on any atom is 0 e. The molecule has 0 unspecified atom stereocenters. The summed E-state index contributed by atoms with van der Waals surface area (Å²) in [5.41, 5.74) is 0. The molecular formula is S34. The minimum atomic E-state index is -0.377. The normalized spacial score (nSPS) is 7.76. The second-order valence-electron chi connectivity index (χ2n) is 2.25. The maximum atomic E-state index is 4.95. The molecule has 0 saturated heterocycles. The molecule has 0 aliphatic heterocycles. The van der Waals surface area contributed by atoms with Crippen molar-refractivity contribution >= 4 is 307 Å². The summed E-state index contributed by atoms with van der Waals surface area (Å²) in [5.74, 6) is 0. The van der Waals surface area contributed by atoms with Crippen LogP contribution in [0.5, 0.6) is 0 Å². The van der Waals surface area contributed by atoms with Gasteiger partial charge in [0, 0.05) is 307 Å². The van der Waals surface area contributed by atoms with Crippen LogP contribution in [0.15, 0.2) is 0 Å². The predicted molar refractivity (Wildman–Crippen MR) is 250 cm³/mol. The van der Waals surface area contributed by atoms with E-state index in [4.69, 9.17) is 33.6 Å². The highest BCUT2D eigenvalue weighted by atomic mass is 33.5. The van der Waals surface area contributed by atoms with Crippen molar-refractivity contribution in [1.82, 2.24) is 0 Å². The first kappa shape index (κ1) is 41.5. The van der Waals surface area contributed by atoms with Gasteiger partial charge in [-0.05, 0) is 0 Å². The first-order valence-corrected chi connectivity index (χ1v) is 49.5. The molecule has 34 heteroatoms. The van der Waals surface area contributed by atoms with Gasteiger partial charge in [-0.1, -0.05) is 0 Å². The lowest BCUT2D eigenvalue weighted by Gasteiger charge is -1.41. The van der Waals surface area contributed by atoms with Gasteiger partial charge in [-0.25, -0.2) is 0 Å². The van der Waals surface area contributed by atoms with E-state index in [1.165, 1.54) is 8.88 Å². The molecule has 0 aromatic rings. The van der Waals surface area contributed by atoms with Gasteiger partial charge in [0.25, 0.3) is 0 Å². The molecule has 0 aliphatic carbocycles. The zero-order valence-electron chi connectivity index (χ0n) is 13.9. The van der Waals surface area contributed by atoms with Crippen molar-refractivity contribution in [2.24, 2.45) is 0 Å². The lowest BCUT2D eigenvalue weighted by Crippen LogP contribution is -1.41. The molecule has 0 spiro atoms.